The van der Waals surface area contributed by atoms with Crippen molar-refractivity contribution in [3.05, 3.63) is 89.6 Å². The number of rotatable bonds is 4. The van der Waals surface area contributed by atoms with E-state index in [4.69, 9.17) is 0 Å². The molecule has 0 radical (unpaired) electrons. The molecule has 6 heteroatoms. The van der Waals surface area contributed by atoms with Crippen LogP contribution in [0.2, 0.25) is 0 Å². The molecule has 2 N–H and O–H groups in total. The summed E-state index contributed by atoms with van der Waals surface area (Å²) in [6.07, 6.45) is 3.86. The Labute approximate surface area is 171 Å². The maximum absolute atomic E-state index is 10.7. The molecule has 0 unspecified atom stereocenters. The molecule has 0 aliphatic carbocycles. The van der Waals surface area contributed by atoms with Crippen molar-refractivity contribution in [2.45, 2.75) is 6.42 Å². The summed E-state index contributed by atoms with van der Waals surface area (Å²) in [6, 6.07) is 19.3. The van der Waals surface area contributed by atoms with Gasteiger partial charge in [0.15, 0.2) is 5.65 Å². The summed E-state index contributed by atoms with van der Waals surface area (Å²) in [5.41, 5.74) is 5.35. The van der Waals surface area contributed by atoms with E-state index in [1.54, 1.807) is 41.9 Å². The number of aromatic hydroxyl groups is 2. The number of hydrogen-bond donors (Lipinski definition) is 2. The Morgan fingerprint density at radius 1 is 0.897 bits per heavy atom. The highest BCUT2D eigenvalue weighted by Gasteiger charge is 2.16. The second-order valence-electron chi connectivity index (χ2n) is 6.81. The lowest BCUT2D eigenvalue weighted by molar-refractivity contribution is 0.429. The number of phenolic OH excluding ortho intramolecular Hbond substituents is 1. The average molecular weight is 399 g/mol. The zero-order valence-corrected chi connectivity index (χ0v) is 16.2. The Balaban J connectivity index is 1.51. The molecule has 2 aromatic carbocycles. The first kappa shape index (κ1) is 17.5. The molecule has 0 aliphatic rings. The fraction of sp³-hybridized carbons (Fsp3) is 0.0435. The molecule has 0 spiro atoms. The lowest BCUT2D eigenvalue weighted by atomic mass is 10.1. The van der Waals surface area contributed by atoms with Gasteiger partial charge in [-0.1, -0.05) is 42.5 Å². The molecule has 5 nitrogen and oxygen atoms in total. The first-order valence-corrected chi connectivity index (χ1v) is 10.0. The van der Waals surface area contributed by atoms with Crippen LogP contribution in [0.5, 0.6) is 11.6 Å². The SMILES string of the molecule is Oc1cccc(Cc2cnc3c(-c4cc(-c5ccccc5)cs4)cnn3c2O)c1. The monoisotopic (exact) mass is 399 g/mol. The predicted molar refractivity (Wildman–Crippen MR) is 114 cm³/mol. The van der Waals surface area contributed by atoms with Crippen LogP contribution < -0.4 is 0 Å². The number of hydrogen-bond acceptors (Lipinski definition) is 5. The molecule has 0 aliphatic heterocycles. The van der Waals surface area contributed by atoms with Crippen LogP contribution in [-0.4, -0.2) is 24.8 Å². The molecule has 0 saturated heterocycles. The van der Waals surface area contributed by atoms with E-state index < -0.39 is 0 Å². The molecular formula is C23H17N3O2S. The van der Waals surface area contributed by atoms with Crippen molar-refractivity contribution in [2.24, 2.45) is 0 Å². The molecule has 5 rings (SSSR count). The van der Waals surface area contributed by atoms with Crippen molar-refractivity contribution in [1.82, 2.24) is 14.6 Å². The van der Waals surface area contributed by atoms with Crippen molar-refractivity contribution in [1.29, 1.82) is 0 Å². The summed E-state index contributed by atoms with van der Waals surface area (Å²) < 4.78 is 1.47. The topological polar surface area (TPSA) is 70.7 Å². The first-order chi connectivity index (χ1) is 14.2. The fourth-order valence-corrected chi connectivity index (χ4v) is 4.32. The Hall–Kier alpha value is -3.64. The van der Waals surface area contributed by atoms with Gasteiger partial charge in [-0.05, 0) is 40.3 Å². The Morgan fingerprint density at radius 2 is 1.76 bits per heavy atom. The number of phenols is 1. The summed E-state index contributed by atoms with van der Waals surface area (Å²) in [6.45, 7) is 0. The minimum atomic E-state index is 0.0597. The molecule has 0 saturated carbocycles. The minimum Gasteiger partial charge on any atom is -0.508 e. The summed E-state index contributed by atoms with van der Waals surface area (Å²) in [7, 11) is 0. The van der Waals surface area contributed by atoms with E-state index in [2.05, 4.69) is 33.7 Å². The van der Waals surface area contributed by atoms with Gasteiger partial charge in [0.1, 0.15) is 5.75 Å². The van der Waals surface area contributed by atoms with E-state index >= 15 is 0 Å². The van der Waals surface area contributed by atoms with Crippen LogP contribution in [0.15, 0.2) is 78.4 Å². The van der Waals surface area contributed by atoms with Crippen molar-refractivity contribution in [3.63, 3.8) is 0 Å². The van der Waals surface area contributed by atoms with Crippen LogP contribution in [-0.2, 0) is 6.42 Å². The van der Waals surface area contributed by atoms with Crippen molar-refractivity contribution in [2.75, 3.05) is 0 Å². The van der Waals surface area contributed by atoms with E-state index in [1.165, 1.54) is 4.52 Å². The zero-order chi connectivity index (χ0) is 19.8. The summed E-state index contributed by atoms with van der Waals surface area (Å²) in [4.78, 5) is 5.61. The number of fused-ring (bicyclic) bond motifs is 1. The van der Waals surface area contributed by atoms with Crippen molar-refractivity contribution >= 4 is 17.0 Å². The summed E-state index contributed by atoms with van der Waals surface area (Å²) >= 11 is 1.63. The second-order valence-corrected chi connectivity index (χ2v) is 7.72. The van der Waals surface area contributed by atoms with Crippen LogP contribution in [0.1, 0.15) is 11.1 Å². The Bertz CT molecular complexity index is 1310. The summed E-state index contributed by atoms with van der Waals surface area (Å²) in [5.74, 6) is 0.258. The largest absolute Gasteiger partial charge is 0.508 e. The highest BCUT2D eigenvalue weighted by atomic mass is 32.1. The van der Waals surface area contributed by atoms with E-state index in [9.17, 15) is 10.2 Å². The van der Waals surface area contributed by atoms with Gasteiger partial charge < -0.3 is 10.2 Å². The van der Waals surface area contributed by atoms with E-state index in [0.717, 1.165) is 27.1 Å². The van der Waals surface area contributed by atoms with Crippen LogP contribution >= 0.6 is 11.3 Å². The Kier molecular flexibility index (Phi) is 4.26. The quantitative estimate of drug-likeness (QED) is 0.440. The van der Waals surface area contributed by atoms with Gasteiger partial charge in [0.25, 0.3) is 0 Å². The highest BCUT2D eigenvalue weighted by molar-refractivity contribution is 7.14. The summed E-state index contributed by atoms with van der Waals surface area (Å²) in [5, 5.41) is 26.8. The van der Waals surface area contributed by atoms with Crippen LogP contribution in [0.25, 0.3) is 27.2 Å². The molecule has 0 amide bonds. The van der Waals surface area contributed by atoms with Gasteiger partial charge in [-0.15, -0.1) is 11.3 Å². The standard InChI is InChI=1S/C23H17N3O2S/c27-19-8-4-5-15(10-19)9-17-12-24-22-20(13-25-26(22)23(17)28)21-11-18(14-29-21)16-6-2-1-3-7-16/h1-8,10-14,27-28H,9H2. The van der Waals surface area contributed by atoms with Crippen molar-refractivity contribution in [3.8, 4) is 33.2 Å². The van der Waals surface area contributed by atoms with Gasteiger partial charge in [-0.3, -0.25) is 0 Å². The van der Waals surface area contributed by atoms with Crippen LogP contribution in [0, 0.1) is 0 Å². The van der Waals surface area contributed by atoms with Gasteiger partial charge in [0.05, 0.1) is 11.8 Å². The average Bonchev–Trinajstić information content (AvgIpc) is 3.38. The van der Waals surface area contributed by atoms with Gasteiger partial charge in [-0.2, -0.15) is 9.61 Å². The maximum atomic E-state index is 10.7. The third-order valence-electron chi connectivity index (χ3n) is 4.85. The number of nitrogens with zero attached hydrogens (tertiary/aromatic N) is 3. The highest BCUT2D eigenvalue weighted by Crippen LogP contribution is 2.35. The molecule has 5 aromatic rings. The normalized spacial score (nSPS) is 11.2. The van der Waals surface area contributed by atoms with Crippen LogP contribution in [0.3, 0.4) is 0 Å². The molecule has 142 valence electrons. The molecule has 3 heterocycles. The fourth-order valence-electron chi connectivity index (χ4n) is 3.40. The molecular weight excluding hydrogens is 382 g/mol. The molecule has 3 aromatic heterocycles. The van der Waals surface area contributed by atoms with Gasteiger partial charge >= 0.3 is 0 Å². The Morgan fingerprint density at radius 3 is 2.59 bits per heavy atom. The van der Waals surface area contributed by atoms with E-state index in [-0.39, 0.29) is 11.6 Å². The predicted octanol–water partition coefficient (Wildman–Crippen LogP) is 5.13. The third kappa shape index (κ3) is 3.23. The number of aromatic nitrogens is 3. The zero-order valence-electron chi connectivity index (χ0n) is 15.4. The number of thiophene rings is 1. The second kappa shape index (κ2) is 7.07. The molecule has 0 atom stereocenters. The van der Waals surface area contributed by atoms with Gasteiger partial charge in [0, 0.05) is 23.1 Å². The van der Waals surface area contributed by atoms with Crippen LogP contribution in [0.4, 0.5) is 0 Å². The van der Waals surface area contributed by atoms with E-state index in [1.807, 2.05) is 24.3 Å². The van der Waals surface area contributed by atoms with Gasteiger partial charge in [0.2, 0.25) is 5.88 Å². The number of benzene rings is 2. The third-order valence-corrected chi connectivity index (χ3v) is 5.81. The lowest BCUT2D eigenvalue weighted by Gasteiger charge is -2.07. The smallest absolute Gasteiger partial charge is 0.219 e. The molecule has 0 fully saturated rings. The van der Waals surface area contributed by atoms with Crippen molar-refractivity contribution < 1.29 is 10.2 Å². The lowest BCUT2D eigenvalue weighted by Crippen LogP contribution is -1.98. The first-order valence-electron chi connectivity index (χ1n) is 9.16. The molecule has 0 bridgehead atoms. The van der Waals surface area contributed by atoms with E-state index in [0.29, 0.717) is 17.6 Å². The molecule has 29 heavy (non-hydrogen) atoms. The van der Waals surface area contributed by atoms with Gasteiger partial charge in [-0.25, -0.2) is 4.98 Å². The minimum absolute atomic E-state index is 0.0597. The maximum Gasteiger partial charge on any atom is 0.219 e.